The van der Waals surface area contributed by atoms with Crippen LogP contribution in [0.25, 0.3) is 0 Å². The van der Waals surface area contributed by atoms with Crippen LogP contribution in [0, 0.1) is 5.41 Å². The van der Waals surface area contributed by atoms with Gasteiger partial charge in [0.1, 0.15) is 0 Å². The lowest BCUT2D eigenvalue weighted by molar-refractivity contribution is 0.241. The molecule has 2 saturated carbocycles. The van der Waals surface area contributed by atoms with Crippen LogP contribution in [-0.2, 0) is 0 Å². The minimum atomic E-state index is 0.424. The number of rotatable bonds is 2. The van der Waals surface area contributed by atoms with Gasteiger partial charge in [0.25, 0.3) is 0 Å². The Kier molecular flexibility index (Phi) is 2.10. The largest absolute Gasteiger partial charge is 0.339 e. The van der Waals surface area contributed by atoms with Gasteiger partial charge < -0.3 is 9.84 Å². The zero-order valence-electron chi connectivity index (χ0n) is 10.1. The molecule has 4 nitrogen and oxygen atoms in total. The van der Waals surface area contributed by atoms with E-state index < -0.39 is 0 Å². The summed E-state index contributed by atoms with van der Waals surface area (Å²) in [6, 6.07) is 0. The highest BCUT2D eigenvalue weighted by atomic mass is 16.5. The Morgan fingerprint density at radius 2 is 2.06 bits per heavy atom. The first-order valence-corrected chi connectivity index (χ1v) is 6.92. The second-order valence-electron chi connectivity index (χ2n) is 6.02. The number of aromatic nitrogens is 2. The van der Waals surface area contributed by atoms with Gasteiger partial charge in [-0.25, -0.2) is 0 Å². The van der Waals surface area contributed by atoms with Crippen LogP contribution in [0.4, 0.5) is 0 Å². The van der Waals surface area contributed by atoms with E-state index in [1.807, 2.05) is 0 Å². The summed E-state index contributed by atoms with van der Waals surface area (Å²) in [7, 11) is 0. The van der Waals surface area contributed by atoms with Gasteiger partial charge in [0.2, 0.25) is 5.89 Å². The highest BCUT2D eigenvalue weighted by molar-refractivity contribution is 5.13. The van der Waals surface area contributed by atoms with Gasteiger partial charge in [0.05, 0.1) is 5.92 Å². The van der Waals surface area contributed by atoms with Gasteiger partial charge in [-0.2, -0.15) is 4.98 Å². The summed E-state index contributed by atoms with van der Waals surface area (Å²) in [6.07, 6.45) is 7.86. The summed E-state index contributed by atoms with van der Waals surface area (Å²) in [5, 5.41) is 7.69. The smallest absolute Gasteiger partial charge is 0.231 e. The van der Waals surface area contributed by atoms with Crippen LogP contribution in [0.2, 0.25) is 0 Å². The lowest BCUT2D eigenvalue weighted by Gasteiger charge is -2.27. The Morgan fingerprint density at radius 3 is 2.82 bits per heavy atom. The van der Waals surface area contributed by atoms with Crippen molar-refractivity contribution in [2.75, 3.05) is 13.1 Å². The third-order valence-electron chi connectivity index (χ3n) is 4.86. The van der Waals surface area contributed by atoms with Crippen LogP contribution in [0.5, 0.6) is 0 Å². The van der Waals surface area contributed by atoms with Crippen LogP contribution < -0.4 is 5.32 Å². The Bertz CT molecular complexity index is 413. The molecule has 2 heterocycles. The van der Waals surface area contributed by atoms with Gasteiger partial charge in [0.15, 0.2) is 5.82 Å². The van der Waals surface area contributed by atoms with E-state index in [9.17, 15) is 0 Å². The van der Waals surface area contributed by atoms with Crippen LogP contribution in [-0.4, -0.2) is 23.2 Å². The average molecular weight is 233 g/mol. The minimum Gasteiger partial charge on any atom is -0.339 e. The summed E-state index contributed by atoms with van der Waals surface area (Å²) >= 11 is 0. The molecule has 3 aliphatic rings. The van der Waals surface area contributed by atoms with Crippen molar-refractivity contribution in [3.8, 4) is 0 Å². The molecule has 0 aromatic carbocycles. The molecular formula is C13H19N3O. The highest BCUT2D eigenvalue weighted by Gasteiger charge is 2.48. The van der Waals surface area contributed by atoms with E-state index in [2.05, 4.69) is 15.5 Å². The number of hydrogen-bond donors (Lipinski definition) is 1. The van der Waals surface area contributed by atoms with Crippen LogP contribution in [0.3, 0.4) is 0 Å². The third kappa shape index (κ3) is 1.53. The molecule has 0 unspecified atom stereocenters. The number of nitrogens with zero attached hydrogens (tertiary/aromatic N) is 2. The predicted molar refractivity (Wildman–Crippen MR) is 62.8 cm³/mol. The average Bonchev–Trinajstić information content (AvgIpc) is 2.83. The molecule has 0 bridgehead atoms. The molecule has 1 saturated heterocycles. The normalized spacial score (nSPS) is 31.4. The fourth-order valence-electron chi connectivity index (χ4n) is 3.65. The van der Waals surface area contributed by atoms with Crippen molar-refractivity contribution in [1.29, 1.82) is 0 Å². The van der Waals surface area contributed by atoms with Crippen molar-refractivity contribution in [3.05, 3.63) is 11.7 Å². The third-order valence-corrected chi connectivity index (χ3v) is 4.86. The molecule has 1 aromatic rings. The van der Waals surface area contributed by atoms with Gasteiger partial charge in [-0.15, -0.1) is 0 Å². The molecule has 0 radical (unpaired) electrons. The van der Waals surface area contributed by atoms with E-state index in [-0.39, 0.29) is 0 Å². The number of nitrogens with one attached hydrogen (secondary N) is 1. The second-order valence-corrected chi connectivity index (χ2v) is 6.02. The molecule has 1 atom stereocenters. The van der Waals surface area contributed by atoms with Crippen molar-refractivity contribution < 1.29 is 4.52 Å². The van der Waals surface area contributed by atoms with Gasteiger partial charge >= 0.3 is 0 Å². The van der Waals surface area contributed by atoms with Crippen molar-refractivity contribution in [2.24, 2.45) is 5.41 Å². The molecule has 17 heavy (non-hydrogen) atoms. The lowest BCUT2D eigenvalue weighted by atomic mass is 9.76. The summed E-state index contributed by atoms with van der Waals surface area (Å²) in [5.41, 5.74) is 0.424. The molecule has 4 heteroatoms. The van der Waals surface area contributed by atoms with E-state index in [0.29, 0.717) is 17.3 Å². The van der Waals surface area contributed by atoms with E-state index in [1.165, 1.54) is 38.5 Å². The fraction of sp³-hybridized carbons (Fsp3) is 0.846. The van der Waals surface area contributed by atoms with Crippen molar-refractivity contribution in [1.82, 2.24) is 15.5 Å². The van der Waals surface area contributed by atoms with E-state index in [0.717, 1.165) is 24.8 Å². The maximum atomic E-state index is 5.54. The Labute approximate surface area is 101 Å². The van der Waals surface area contributed by atoms with Crippen LogP contribution in [0.1, 0.15) is 62.1 Å². The van der Waals surface area contributed by atoms with E-state index in [1.54, 1.807) is 0 Å². The summed E-state index contributed by atoms with van der Waals surface area (Å²) in [4.78, 5) is 4.66. The Hall–Kier alpha value is -0.900. The predicted octanol–water partition coefficient (Wildman–Crippen LogP) is 2.19. The van der Waals surface area contributed by atoms with Crippen molar-refractivity contribution in [2.45, 2.75) is 50.4 Å². The second kappa shape index (κ2) is 3.55. The first kappa shape index (κ1) is 10.1. The molecule has 2 aliphatic carbocycles. The molecule has 92 valence electrons. The minimum absolute atomic E-state index is 0.424. The van der Waals surface area contributed by atoms with Gasteiger partial charge in [-0.1, -0.05) is 18.0 Å². The molecule has 3 fully saturated rings. The summed E-state index contributed by atoms with van der Waals surface area (Å²) in [6.45, 7) is 2.16. The summed E-state index contributed by atoms with van der Waals surface area (Å²) < 4.78 is 5.54. The Balaban J connectivity index is 1.63. The standard InChI is InChI=1S/C13H19N3O/c1-2-6-13(5-1)8-14-7-10(13)12-15-11(16-17-12)9-3-4-9/h9-10,14H,1-8H2/t10-/m0/s1. The zero-order valence-corrected chi connectivity index (χ0v) is 10.1. The molecule has 1 aliphatic heterocycles. The Morgan fingerprint density at radius 1 is 1.24 bits per heavy atom. The van der Waals surface area contributed by atoms with Gasteiger partial charge in [-0.05, 0) is 31.1 Å². The van der Waals surface area contributed by atoms with Crippen LogP contribution in [0.15, 0.2) is 4.52 Å². The monoisotopic (exact) mass is 233 g/mol. The van der Waals surface area contributed by atoms with Crippen LogP contribution >= 0.6 is 0 Å². The van der Waals surface area contributed by atoms with E-state index >= 15 is 0 Å². The van der Waals surface area contributed by atoms with Gasteiger partial charge in [0, 0.05) is 19.0 Å². The lowest BCUT2D eigenvalue weighted by Crippen LogP contribution is -2.25. The summed E-state index contributed by atoms with van der Waals surface area (Å²) in [5.74, 6) is 2.92. The molecular weight excluding hydrogens is 214 g/mol. The van der Waals surface area contributed by atoms with Gasteiger partial charge in [-0.3, -0.25) is 0 Å². The quantitative estimate of drug-likeness (QED) is 0.850. The van der Waals surface area contributed by atoms with E-state index in [4.69, 9.17) is 4.52 Å². The first-order valence-electron chi connectivity index (χ1n) is 6.92. The molecule has 1 spiro atoms. The molecule has 4 rings (SSSR count). The molecule has 0 amide bonds. The first-order chi connectivity index (χ1) is 8.37. The highest BCUT2D eigenvalue weighted by Crippen LogP contribution is 2.50. The van der Waals surface area contributed by atoms with Crippen molar-refractivity contribution >= 4 is 0 Å². The fourth-order valence-corrected chi connectivity index (χ4v) is 3.65. The maximum absolute atomic E-state index is 5.54. The topological polar surface area (TPSA) is 51.0 Å². The van der Waals surface area contributed by atoms with Crippen molar-refractivity contribution in [3.63, 3.8) is 0 Å². The zero-order chi connectivity index (χ0) is 11.3. The SMILES string of the molecule is C1CCC2(C1)CNC[C@H]2c1nc(C2CC2)no1. The molecule has 1 aromatic heterocycles. The number of hydrogen-bond acceptors (Lipinski definition) is 4. The molecule has 1 N–H and O–H groups in total. The maximum Gasteiger partial charge on any atom is 0.231 e.